The highest BCUT2D eigenvalue weighted by molar-refractivity contribution is 6.58. The molecule has 0 atom stereocenters. The molecule has 1 aromatic heterocycles. The van der Waals surface area contributed by atoms with E-state index in [4.69, 9.17) is 14.5 Å². The summed E-state index contributed by atoms with van der Waals surface area (Å²) in [7, 11) is -1.51. The van der Waals surface area contributed by atoms with Crippen molar-refractivity contribution in [3.8, 4) is 11.3 Å². The molecule has 3 rings (SSSR count). The molecule has 2 aromatic carbocycles. The van der Waals surface area contributed by atoms with Gasteiger partial charge >= 0.3 is 7.12 Å². The third-order valence-corrected chi connectivity index (χ3v) is 3.38. The zero-order valence-electron chi connectivity index (χ0n) is 11.4. The molecule has 0 aliphatic carbocycles. The molecule has 0 bridgehead atoms. The van der Waals surface area contributed by atoms with Gasteiger partial charge in [-0.25, -0.2) is 0 Å². The molecule has 0 aliphatic heterocycles. The molecule has 2 N–H and O–H groups in total. The highest BCUT2D eigenvalue weighted by Gasteiger charge is 2.12. The minimum Gasteiger partial charge on any atom is -0.456 e. The molecular weight excluding hydrogens is 267 g/mol. The molecule has 0 spiro atoms. The number of fused-ring (bicyclic) bond motifs is 1. The van der Waals surface area contributed by atoms with E-state index in [1.54, 1.807) is 36.4 Å². The minimum atomic E-state index is -1.51. The SMILES string of the molecule is Cc1ccc2oc(-c3ccc(B(O)O)cc3)cc(=O)c2c1. The van der Waals surface area contributed by atoms with E-state index in [0.29, 0.717) is 27.8 Å². The van der Waals surface area contributed by atoms with Gasteiger partial charge in [0.25, 0.3) is 0 Å². The number of rotatable bonds is 2. The predicted molar refractivity (Wildman–Crippen MR) is 82.5 cm³/mol. The fourth-order valence-electron chi connectivity index (χ4n) is 2.23. The maximum absolute atomic E-state index is 12.2. The first-order valence-electron chi connectivity index (χ1n) is 6.55. The van der Waals surface area contributed by atoms with Crippen LogP contribution >= 0.6 is 0 Å². The average Bonchev–Trinajstić information content (AvgIpc) is 2.48. The van der Waals surface area contributed by atoms with E-state index in [-0.39, 0.29) is 5.43 Å². The van der Waals surface area contributed by atoms with E-state index in [1.165, 1.54) is 6.07 Å². The van der Waals surface area contributed by atoms with E-state index >= 15 is 0 Å². The number of hydrogen-bond donors (Lipinski definition) is 2. The topological polar surface area (TPSA) is 70.7 Å². The lowest BCUT2D eigenvalue weighted by molar-refractivity contribution is 0.426. The Kier molecular flexibility index (Phi) is 3.37. The van der Waals surface area contributed by atoms with Crippen LogP contribution in [0.4, 0.5) is 0 Å². The summed E-state index contributed by atoms with van der Waals surface area (Å²) in [4.78, 5) is 12.2. The number of benzene rings is 2. The van der Waals surface area contributed by atoms with Crippen molar-refractivity contribution in [2.45, 2.75) is 6.92 Å². The monoisotopic (exact) mass is 280 g/mol. The van der Waals surface area contributed by atoms with Crippen LogP contribution in [0.5, 0.6) is 0 Å². The van der Waals surface area contributed by atoms with Crippen LogP contribution in [0, 0.1) is 6.92 Å². The summed E-state index contributed by atoms with van der Waals surface area (Å²) in [6.45, 7) is 1.92. The molecular formula is C16H13BO4. The van der Waals surface area contributed by atoms with Gasteiger partial charge in [0.2, 0.25) is 0 Å². The molecule has 0 saturated carbocycles. The van der Waals surface area contributed by atoms with E-state index in [2.05, 4.69) is 0 Å². The van der Waals surface area contributed by atoms with Crippen molar-refractivity contribution in [3.63, 3.8) is 0 Å². The van der Waals surface area contributed by atoms with Crippen molar-refractivity contribution >= 4 is 23.6 Å². The van der Waals surface area contributed by atoms with E-state index in [1.807, 2.05) is 13.0 Å². The standard InChI is InChI=1S/C16H13BO4/c1-10-2-7-15-13(8-10)14(18)9-16(21-15)11-3-5-12(6-4-11)17(19)20/h2-9,19-20H,1H3. The van der Waals surface area contributed by atoms with Crippen LogP contribution in [0.1, 0.15) is 5.56 Å². The largest absolute Gasteiger partial charge is 0.488 e. The van der Waals surface area contributed by atoms with Crippen LogP contribution in [0.3, 0.4) is 0 Å². The van der Waals surface area contributed by atoms with Crippen LogP contribution in [0.2, 0.25) is 0 Å². The van der Waals surface area contributed by atoms with Crippen LogP contribution in [0.25, 0.3) is 22.3 Å². The maximum atomic E-state index is 12.2. The summed E-state index contributed by atoms with van der Waals surface area (Å²) in [6, 6.07) is 13.5. The summed E-state index contributed by atoms with van der Waals surface area (Å²) >= 11 is 0. The zero-order chi connectivity index (χ0) is 15.0. The summed E-state index contributed by atoms with van der Waals surface area (Å²) in [5, 5.41) is 18.7. The van der Waals surface area contributed by atoms with Gasteiger partial charge in [0.1, 0.15) is 11.3 Å². The van der Waals surface area contributed by atoms with Gasteiger partial charge in [0.15, 0.2) is 5.43 Å². The lowest BCUT2D eigenvalue weighted by Crippen LogP contribution is -2.29. The molecule has 21 heavy (non-hydrogen) atoms. The molecule has 1 heterocycles. The Morgan fingerprint density at radius 2 is 1.71 bits per heavy atom. The van der Waals surface area contributed by atoms with E-state index < -0.39 is 7.12 Å². The van der Waals surface area contributed by atoms with Crippen molar-refractivity contribution in [1.29, 1.82) is 0 Å². The predicted octanol–water partition coefficient (Wildman–Crippen LogP) is 1.45. The van der Waals surface area contributed by atoms with Crippen LogP contribution in [0.15, 0.2) is 57.7 Å². The molecule has 0 fully saturated rings. The number of hydrogen-bond acceptors (Lipinski definition) is 4. The first-order chi connectivity index (χ1) is 10.0. The van der Waals surface area contributed by atoms with Gasteiger partial charge < -0.3 is 14.5 Å². The molecule has 0 amide bonds. The fraction of sp³-hybridized carbons (Fsp3) is 0.0625. The van der Waals surface area contributed by atoms with Gasteiger partial charge in [-0.2, -0.15) is 0 Å². The highest BCUT2D eigenvalue weighted by Crippen LogP contribution is 2.22. The third-order valence-electron chi connectivity index (χ3n) is 3.38. The molecule has 0 radical (unpaired) electrons. The molecule has 3 aromatic rings. The highest BCUT2D eigenvalue weighted by atomic mass is 16.4. The molecule has 0 saturated heterocycles. The minimum absolute atomic E-state index is 0.0961. The van der Waals surface area contributed by atoms with Gasteiger partial charge in [0, 0.05) is 11.6 Å². The Bertz CT molecular complexity index is 850. The van der Waals surface area contributed by atoms with Crippen molar-refractivity contribution in [2.24, 2.45) is 0 Å². The van der Waals surface area contributed by atoms with Gasteiger partial charge in [-0.1, -0.05) is 35.9 Å². The molecule has 4 nitrogen and oxygen atoms in total. The normalized spacial score (nSPS) is 10.8. The molecule has 0 aliphatic rings. The maximum Gasteiger partial charge on any atom is 0.488 e. The van der Waals surface area contributed by atoms with Crippen LogP contribution < -0.4 is 10.9 Å². The van der Waals surface area contributed by atoms with Crippen LogP contribution in [-0.2, 0) is 0 Å². The fourth-order valence-corrected chi connectivity index (χ4v) is 2.23. The Balaban J connectivity index is 2.12. The first-order valence-corrected chi connectivity index (χ1v) is 6.55. The Labute approximate surface area is 121 Å². The number of aryl methyl sites for hydroxylation is 1. The van der Waals surface area contributed by atoms with Gasteiger partial charge in [0.05, 0.1) is 5.39 Å². The smallest absolute Gasteiger partial charge is 0.456 e. The first kappa shape index (κ1) is 13.6. The Morgan fingerprint density at radius 3 is 2.38 bits per heavy atom. The average molecular weight is 280 g/mol. The van der Waals surface area contributed by atoms with Gasteiger partial charge in [-0.3, -0.25) is 4.79 Å². The second kappa shape index (κ2) is 5.20. The quantitative estimate of drug-likeness (QED) is 0.697. The summed E-state index contributed by atoms with van der Waals surface area (Å²) < 4.78 is 5.76. The second-order valence-corrected chi connectivity index (χ2v) is 4.97. The van der Waals surface area contributed by atoms with Crippen molar-refractivity contribution < 1.29 is 14.5 Å². The lowest BCUT2D eigenvalue weighted by Gasteiger charge is -2.05. The molecule has 5 heteroatoms. The van der Waals surface area contributed by atoms with Crippen molar-refractivity contribution in [1.82, 2.24) is 0 Å². The van der Waals surface area contributed by atoms with Crippen molar-refractivity contribution in [3.05, 3.63) is 64.3 Å². The van der Waals surface area contributed by atoms with Gasteiger partial charge in [-0.05, 0) is 24.5 Å². The Morgan fingerprint density at radius 1 is 1.00 bits per heavy atom. The summed E-state index contributed by atoms with van der Waals surface area (Å²) in [5.41, 5.74) is 2.54. The van der Waals surface area contributed by atoms with Gasteiger partial charge in [-0.15, -0.1) is 0 Å². The van der Waals surface area contributed by atoms with E-state index in [9.17, 15) is 4.79 Å². The van der Waals surface area contributed by atoms with Crippen LogP contribution in [-0.4, -0.2) is 17.2 Å². The summed E-state index contributed by atoms with van der Waals surface area (Å²) in [5.74, 6) is 0.454. The zero-order valence-corrected chi connectivity index (χ0v) is 11.4. The summed E-state index contributed by atoms with van der Waals surface area (Å²) in [6.07, 6.45) is 0. The third kappa shape index (κ3) is 2.61. The molecule has 0 unspecified atom stereocenters. The molecule has 104 valence electrons. The second-order valence-electron chi connectivity index (χ2n) is 4.97. The Hall–Kier alpha value is -2.37. The lowest BCUT2D eigenvalue weighted by atomic mass is 9.80. The van der Waals surface area contributed by atoms with Crippen molar-refractivity contribution in [2.75, 3.05) is 0 Å². The van der Waals surface area contributed by atoms with E-state index in [0.717, 1.165) is 5.56 Å².